The Morgan fingerprint density at radius 2 is 1.90 bits per heavy atom. The summed E-state index contributed by atoms with van der Waals surface area (Å²) < 4.78 is 24.9. The summed E-state index contributed by atoms with van der Waals surface area (Å²) in [5.41, 5.74) is -0.0298. The number of carboxylic acids is 1. The van der Waals surface area contributed by atoms with Gasteiger partial charge in [-0.2, -0.15) is 0 Å². The first-order valence-corrected chi connectivity index (χ1v) is 6.86. The molecule has 0 amide bonds. The van der Waals surface area contributed by atoms with Crippen molar-refractivity contribution in [2.24, 2.45) is 0 Å². The molecule has 1 aromatic carbocycles. The quantitative estimate of drug-likeness (QED) is 0.924. The first-order chi connectivity index (χ1) is 9.54. The van der Waals surface area contributed by atoms with Crippen molar-refractivity contribution in [3.05, 3.63) is 23.3 Å². The number of alkyl halides is 1. The predicted octanol–water partition coefficient (Wildman–Crippen LogP) is 2.99. The summed E-state index contributed by atoms with van der Waals surface area (Å²) in [4.78, 5) is 11.7. The van der Waals surface area contributed by atoms with Gasteiger partial charge >= 0.3 is 5.97 Å². The smallest absolute Gasteiger partial charge is 0.314 e. The van der Waals surface area contributed by atoms with Crippen LogP contribution < -0.4 is 9.47 Å². The predicted molar refractivity (Wildman–Crippen MR) is 70.1 cm³/mol. The first-order valence-electron chi connectivity index (χ1n) is 6.86. The Labute approximate surface area is 116 Å². The summed E-state index contributed by atoms with van der Waals surface area (Å²) in [5, 5.41) is 9.55. The van der Waals surface area contributed by atoms with Crippen LogP contribution in [0.5, 0.6) is 11.5 Å². The molecule has 1 aliphatic heterocycles. The molecular weight excluding hydrogens is 263 g/mol. The van der Waals surface area contributed by atoms with Crippen LogP contribution in [0.4, 0.5) is 4.39 Å². The molecule has 1 saturated carbocycles. The van der Waals surface area contributed by atoms with Gasteiger partial charge in [0.1, 0.15) is 19.4 Å². The fourth-order valence-corrected chi connectivity index (χ4v) is 2.98. The van der Waals surface area contributed by atoms with E-state index in [1.54, 1.807) is 12.1 Å². The topological polar surface area (TPSA) is 55.8 Å². The lowest BCUT2D eigenvalue weighted by Crippen LogP contribution is -2.43. The van der Waals surface area contributed by atoms with Crippen molar-refractivity contribution >= 4 is 5.97 Å². The number of carboxylic acid groups (broad SMARTS) is 1. The van der Waals surface area contributed by atoms with Crippen molar-refractivity contribution < 1.29 is 23.8 Å². The van der Waals surface area contributed by atoms with Gasteiger partial charge in [0.2, 0.25) is 0 Å². The highest BCUT2D eigenvalue weighted by molar-refractivity contribution is 5.83. The minimum Gasteiger partial charge on any atom is -0.486 e. The zero-order valence-corrected chi connectivity index (χ0v) is 11.3. The Bertz CT molecular complexity index is 549. The SMILES string of the molecule is CC(F)c1cc2c(cc1C1(C(=O)O)CCC1)OCCO2. The highest BCUT2D eigenvalue weighted by Crippen LogP contribution is 2.49. The third-order valence-corrected chi connectivity index (χ3v) is 4.27. The van der Waals surface area contributed by atoms with Gasteiger partial charge in [-0.3, -0.25) is 4.79 Å². The summed E-state index contributed by atoms with van der Waals surface area (Å²) in [7, 11) is 0. The standard InChI is InChI=1S/C15H17FO4/c1-9(16)10-7-12-13(20-6-5-19-12)8-11(10)15(14(17)18)3-2-4-15/h7-9H,2-6H2,1H3,(H,17,18). The van der Waals surface area contributed by atoms with Crippen LogP contribution in [0.15, 0.2) is 12.1 Å². The van der Waals surface area contributed by atoms with E-state index in [0.29, 0.717) is 48.7 Å². The van der Waals surface area contributed by atoms with Crippen LogP contribution in [0.25, 0.3) is 0 Å². The van der Waals surface area contributed by atoms with Crippen LogP contribution >= 0.6 is 0 Å². The molecule has 1 heterocycles. The van der Waals surface area contributed by atoms with Gasteiger partial charge in [0.25, 0.3) is 0 Å². The van der Waals surface area contributed by atoms with Gasteiger partial charge in [-0.25, -0.2) is 4.39 Å². The van der Waals surface area contributed by atoms with E-state index in [0.717, 1.165) is 6.42 Å². The number of halogens is 1. The molecular formula is C15H17FO4. The largest absolute Gasteiger partial charge is 0.486 e. The first kappa shape index (κ1) is 13.2. The summed E-state index contributed by atoms with van der Waals surface area (Å²) in [5.74, 6) is 0.130. The molecule has 1 fully saturated rings. The molecule has 108 valence electrons. The van der Waals surface area contributed by atoms with Crippen molar-refractivity contribution in [3.63, 3.8) is 0 Å². The summed E-state index contributed by atoms with van der Waals surface area (Å²) >= 11 is 0. The van der Waals surface area contributed by atoms with E-state index in [-0.39, 0.29) is 0 Å². The molecule has 0 radical (unpaired) electrons. The number of rotatable bonds is 3. The molecule has 2 aliphatic rings. The van der Waals surface area contributed by atoms with Crippen LogP contribution in [-0.2, 0) is 10.2 Å². The maximum Gasteiger partial charge on any atom is 0.314 e. The Morgan fingerprint density at radius 1 is 1.30 bits per heavy atom. The maximum absolute atomic E-state index is 13.9. The lowest BCUT2D eigenvalue weighted by atomic mass is 9.63. The van der Waals surface area contributed by atoms with Gasteiger partial charge in [0, 0.05) is 0 Å². The van der Waals surface area contributed by atoms with E-state index in [2.05, 4.69) is 0 Å². The lowest BCUT2D eigenvalue weighted by Gasteiger charge is -2.40. The second kappa shape index (κ2) is 4.65. The van der Waals surface area contributed by atoms with Crippen molar-refractivity contribution in [1.29, 1.82) is 0 Å². The Kier molecular flexibility index (Phi) is 3.07. The van der Waals surface area contributed by atoms with E-state index in [9.17, 15) is 14.3 Å². The van der Waals surface area contributed by atoms with Crippen molar-refractivity contribution in [2.75, 3.05) is 13.2 Å². The zero-order valence-electron chi connectivity index (χ0n) is 11.3. The Balaban J connectivity index is 2.15. The van der Waals surface area contributed by atoms with E-state index >= 15 is 0 Å². The van der Waals surface area contributed by atoms with Crippen molar-refractivity contribution in [1.82, 2.24) is 0 Å². The molecule has 0 bridgehead atoms. The number of hydrogen-bond acceptors (Lipinski definition) is 3. The molecule has 1 atom stereocenters. The monoisotopic (exact) mass is 280 g/mol. The molecule has 5 heteroatoms. The van der Waals surface area contributed by atoms with Gasteiger partial charge in [0.15, 0.2) is 11.5 Å². The summed E-state index contributed by atoms with van der Waals surface area (Å²) in [6, 6.07) is 3.25. The van der Waals surface area contributed by atoms with Gasteiger partial charge in [-0.05, 0) is 43.0 Å². The van der Waals surface area contributed by atoms with E-state index in [1.165, 1.54) is 6.92 Å². The number of hydrogen-bond donors (Lipinski definition) is 1. The third-order valence-electron chi connectivity index (χ3n) is 4.27. The van der Waals surface area contributed by atoms with Crippen LogP contribution in [0.3, 0.4) is 0 Å². The number of fused-ring (bicyclic) bond motifs is 1. The van der Waals surface area contributed by atoms with Crippen LogP contribution in [0.2, 0.25) is 0 Å². The molecule has 1 unspecified atom stereocenters. The molecule has 0 spiro atoms. The van der Waals surface area contributed by atoms with Crippen LogP contribution in [0.1, 0.15) is 43.5 Å². The molecule has 1 aliphatic carbocycles. The second-order valence-corrected chi connectivity index (χ2v) is 5.44. The molecule has 1 N–H and O–H groups in total. The fraction of sp³-hybridized carbons (Fsp3) is 0.533. The van der Waals surface area contributed by atoms with Crippen LogP contribution in [-0.4, -0.2) is 24.3 Å². The third kappa shape index (κ3) is 1.84. The van der Waals surface area contributed by atoms with E-state index in [4.69, 9.17) is 9.47 Å². The molecule has 0 saturated heterocycles. The van der Waals surface area contributed by atoms with Crippen molar-refractivity contribution in [3.8, 4) is 11.5 Å². The van der Waals surface area contributed by atoms with Gasteiger partial charge in [-0.1, -0.05) is 6.42 Å². The summed E-state index contributed by atoms with van der Waals surface area (Å²) in [6.07, 6.45) is 0.696. The van der Waals surface area contributed by atoms with Gasteiger partial charge in [-0.15, -0.1) is 0 Å². The normalized spacial score (nSPS) is 20.9. The lowest BCUT2D eigenvalue weighted by molar-refractivity contribution is -0.147. The Hall–Kier alpha value is -1.78. The number of aliphatic carboxylic acids is 1. The van der Waals surface area contributed by atoms with Crippen molar-refractivity contribution in [2.45, 2.75) is 37.8 Å². The minimum atomic E-state index is -1.24. The second-order valence-electron chi connectivity index (χ2n) is 5.44. The molecule has 4 nitrogen and oxygen atoms in total. The molecule has 20 heavy (non-hydrogen) atoms. The summed E-state index contributed by atoms with van der Waals surface area (Å²) in [6.45, 7) is 2.27. The molecule has 3 rings (SSSR count). The van der Waals surface area contributed by atoms with Gasteiger partial charge < -0.3 is 14.6 Å². The van der Waals surface area contributed by atoms with Gasteiger partial charge in [0.05, 0.1) is 5.41 Å². The maximum atomic E-state index is 13.9. The van der Waals surface area contributed by atoms with Crippen LogP contribution in [0, 0.1) is 0 Å². The number of benzene rings is 1. The average Bonchev–Trinajstić information content (AvgIpc) is 2.36. The fourth-order valence-electron chi connectivity index (χ4n) is 2.98. The molecule has 1 aromatic rings. The van der Waals surface area contributed by atoms with E-state index in [1.807, 2.05) is 0 Å². The molecule has 0 aromatic heterocycles. The average molecular weight is 280 g/mol. The minimum absolute atomic E-state index is 0.399. The number of ether oxygens (including phenoxy) is 2. The highest BCUT2D eigenvalue weighted by atomic mass is 19.1. The Morgan fingerprint density at radius 3 is 2.35 bits per heavy atom. The highest BCUT2D eigenvalue weighted by Gasteiger charge is 2.48. The zero-order chi connectivity index (χ0) is 14.3. The van der Waals surface area contributed by atoms with E-state index < -0.39 is 17.6 Å². The number of carbonyl (C=O) groups is 1.